The van der Waals surface area contributed by atoms with Crippen LogP contribution in [0, 0.1) is 0 Å². The normalized spacial score (nSPS) is 13.8. The summed E-state index contributed by atoms with van der Waals surface area (Å²) in [5, 5.41) is 13.5. The average Bonchev–Trinajstić information content (AvgIpc) is 2.30. The van der Waals surface area contributed by atoms with Gasteiger partial charge >= 0.3 is 0 Å². The molecule has 12 heavy (non-hydrogen) atoms. The molecule has 4 heteroatoms. The Morgan fingerprint density at radius 1 is 1.50 bits per heavy atom. The SMILES string of the molecule is CC(N)c1nn(C(C)C)cc1O. The smallest absolute Gasteiger partial charge is 0.158 e. The lowest BCUT2D eigenvalue weighted by Crippen LogP contribution is -2.08. The van der Waals surface area contributed by atoms with Crippen molar-refractivity contribution in [1.29, 1.82) is 0 Å². The highest BCUT2D eigenvalue weighted by atomic mass is 16.3. The van der Waals surface area contributed by atoms with Gasteiger partial charge < -0.3 is 10.8 Å². The maximum absolute atomic E-state index is 9.39. The molecule has 3 N–H and O–H groups in total. The topological polar surface area (TPSA) is 64.1 Å². The fourth-order valence-corrected chi connectivity index (χ4v) is 0.985. The summed E-state index contributed by atoms with van der Waals surface area (Å²) in [6.45, 7) is 5.79. The molecule has 0 aliphatic carbocycles. The van der Waals surface area contributed by atoms with Crippen LogP contribution >= 0.6 is 0 Å². The van der Waals surface area contributed by atoms with Gasteiger partial charge in [-0.1, -0.05) is 0 Å². The minimum absolute atomic E-state index is 0.179. The number of aromatic nitrogens is 2. The standard InChI is InChI=1S/C8H15N3O/c1-5(2)11-4-7(12)8(10-11)6(3)9/h4-6,12H,9H2,1-3H3. The first-order valence-corrected chi connectivity index (χ1v) is 4.06. The summed E-state index contributed by atoms with van der Waals surface area (Å²) in [5.74, 6) is 0.179. The molecule has 1 aromatic rings. The maximum atomic E-state index is 9.39. The van der Waals surface area contributed by atoms with Crippen molar-refractivity contribution in [1.82, 2.24) is 9.78 Å². The molecule has 1 unspecified atom stereocenters. The lowest BCUT2D eigenvalue weighted by molar-refractivity contribution is 0.462. The minimum atomic E-state index is -0.218. The first-order valence-electron chi connectivity index (χ1n) is 4.06. The highest BCUT2D eigenvalue weighted by Gasteiger charge is 2.12. The van der Waals surface area contributed by atoms with Crippen LogP contribution in [-0.2, 0) is 0 Å². The van der Waals surface area contributed by atoms with Crippen LogP contribution in [0.1, 0.15) is 38.5 Å². The van der Waals surface area contributed by atoms with E-state index in [9.17, 15) is 5.11 Å². The number of rotatable bonds is 2. The molecule has 0 aliphatic heterocycles. The highest BCUT2D eigenvalue weighted by Crippen LogP contribution is 2.21. The van der Waals surface area contributed by atoms with Crippen LogP contribution in [0.2, 0.25) is 0 Å². The van der Waals surface area contributed by atoms with Gasteiger partial charge in [0.1, 0.15) is 5.69 Å². The lowest BCUT2D eigenvalue weighted by Gasteiger charge is -2.03. The molecular weight excluding hydrogens is 154 g/mol. The van der Waals surface area contributed by atoms with E-state index in [1.54, 1.807) is 17.8 Å². The van der Waals surface area contributed by atoms with Gasteiger partial charge in [-0.2, -0.15) is 5.10 Å². The number of hydrogen-bond donors (Lipinski definition) is 2. The number of aromatic hydroxyl groups is 1. The van der Waals surface area contributed by atoms with Crippen molar-refractivity contribution in [2.24, 2.45) is 5.73 Å². The van der Waals surface area contributed by atoms with E-state index in [-0.39, 0.29) is 17.8 Å². The van der Waals surface area contributed by atoms with E-state index < -0.39 is 0 Å². The van der Waals surface area contributed by atoms with Crippen LogP contribution in [0.4, 0.5) is 0 Å². The zero-order chi connectivity index (χ0) is 9.30. The molecule has 0 saturated carbocycles. The highest BCUT2D eigenvalue weighted by molar-refractivity contribution is 5.25. The third-order valence-corrected chi connectivity index (χ3v) is 1.70. The van der Waals surface area contributed by atoms with E-state index in [0.717, 1.165) is 0 Å². The molecule has 1 heterocycles. The second kappa shape index (κ2) is 3.15. The Kier molecular flexibility index (Phi) is 2.38. The van der Waals surface area contributed by atoms with Gasteiger partial charge in [-0.15, -0.1) is 0 Å². The van der Waals surface area contributed by atoms with Gasteiger partial charge in [-0.05, 0) is 20.8 Å². The number of nitrogens with two attached hydrogens (primary N) is 1. The van der Waals surface area contributed by atoms with Crippen molar-refractivity contribution in [3.05, 3.63) is 11.9 Å². The maximum Gasteiger partial charge on any atom is 0.158 e. The summed E-state index contributed by atoms with van der Waals surface area (Å²) in [7, 11) is 0. The van der Waals surface area contributed by atoms with Crippen molar-refractivity contribution >= 4 is 0 Å². The molecule has 0 spiro atoms. The van der Waals surface area contributed by atoms with Crippen molar-refractivity contribution < 1.29 is 5.11 Å². The van der Waals surface area contributed by atoms with Crippen LogP contribution < -0.4 is 5.73 Å². The fourth-order valence-electron chi connectivity index (χ4n) is 0.985. The summed E-state index contributed by atoms with van der Waals surface area (Å²) in [6, 6.07) is 0.0356. The van der Waals surface area contributed by atoms with Crippen LogP contribution in [0.5, 0.6) is 5.75 Å². The van der Waals surface area contributed by atoms with Crippen molar-refractivity contribution in [2.75, 3.05) is 0 Å². The van der Waals surface area contributed by atoms with Crippen LogP contribution in [-0.4, -0.2) is 14.9 Å². The summed E-state index contributed by atoms with van der Waals surface area (Å²) >= 11 is 0. The van der Waals surface area contributed by atoms with E-state index in [1.807, 2.05) is 13.8 Å². The molecule has 1 aromatic heterocycles. The van der Waals surface area contributed by atoms with E-state index in [1.165, 1.54) is 0 Å². The average molecular weight is 169 g/mol. The molecule has 4 nitrogen and oxygen atoms in total. The zero-order valence-corrected chi connectivity index (χ0v) is 7.65. The molecule has 0 saturated heterocycles. The Labute approximate surface area is 72.0 Å². The van der Waals surface area contributed by atoms with Gasteiger partial charge in [0.05, 0.1) is 6.20 Å². The third-order valence-electron chi connectivity index (χ3n) is 1.70. The van der Waals surface area contributed by atoms with Crippen LogP contribution in [0.3, 0.4) is 0 Å². The van der Waals surface area contributed by atoms with Crippen molar-refractivity contribution in [3.63, 3.8) is 0 Å². The minimum Gasteiger partial charge on any atom is -0.504 e. The Morgan fingerprint density at radius 3 is 2.33 bits per heavy atom. The van der Waals surface area contributed by atoms with E-state index >= 15 is 0 Å². The molecule has 0 aliphatic rings. The lowest BCUT2D eigenvalue weighted by atomic mass is 10.2. The largest absolute Gasteiger partial charge is 0.504 e. The second-order valence-electron chi connectivity index (χ2n) is 3.26. The van der Waals surface area contributed by atoms with Crippen molar-refractivity contribution in [3.8, 4) is 5.75 Å². The predicted molar refractivity (Wildman–Crippen MR) is 46.9 cm³/mol. The number of hydrogen-bond acceptors (Lipinski definition) is 3. The molecule has 0 bridgehead atoms. The number of nitrogens with zero attached hydrogens (tertiary/aromatic N) is 2. The van der Waals surface area contributed by atoms with Crippen molar-refractivity contribution in [2.45, 2.75) is 32.9 Å². The molecule has 0 amide bonds. The molecule has 68 valence electrons. The van der Waals surface area contributed by atoms with E-state index in [2.05, 4.69) is 5.10 Å². The van der Waals surface area contributed by atoms with Crippen LogP contribution in [0.25, 0.3) is 0 Å². The summed E-state index contributed by atoms with van der Waals surface area (Å²) in [4.78, 5) is 0. The van der Waals surface area contributed by atoms with Gasteiger partial charge in [0.2, 0.25) is 0 Å². The predicted octanol–water partition coefficient (Wildman–Crippen LogP) is 1.19. The van der Waals surface area contributed by atoms with Gasteiger partial charge in [0.15, 0.2) is 5.75 Å². The molecule has 0 fully saturated rings. The zero-order valence-electron chi connectivity index (χ0n) is 7.65. The molecule has 1 atom stereocenters. The molecular formula is C8H15N3O. The summed E-state index contributed by atoms with van der Waals surface area (Å²) in [5.41, 5.74) is 6.15. The van der Waals surface area contributed by atoms with Gasteiger partial charge in [0.25, 0.3) is 0 Å². The Hall–Kier alpha value is -1.03. The Bertz CT molecular complexity index is 265. The van der Waals surface area contributed by atoms with E-state index in [0.29, 0.717) is 5.69 Å². The molecule has 0 aromatic carbocycles. The van der Waals surface area contributed by atoms with Gasteiger partial charge in [0, 0.05) is 12.1 Å². The summed E-state index contributed by atoms with van der Waals surface area (Å²) < 4.78 is 1.70. The Morgan fingerprint density at radius 2 is 2.08 bits per heavy atom. The second-order valence-corrected chi connectivity index (χ2v) is 3.26. The monoisotopic (exact) mass is 169 g/mol. The first kappa shape index (κ1) is 9.06. The van der Waals surface area contributed by atoms with Gasteiger partial charge in [-0.25, -0.2) is 0 Å². The third kappa shape index (κ3) is 1.58. The molecule has 1 rings (SSSR count). The quantitative estimate of drug-likeness (QED) is 0.699. The summed E-state index contributed by atoms with van der Waals surface area (Å²) in [6.07, 6.45) is 1.60. The first-order chi connectivity index (χ1) is 5.52. The van der Waals surface area contributed by atoms with Crippen LogP contribution in [0.15, 0.2) is 6.20 Å². The molecule has 0 radical (unpaired) electrons. The fraction of sp³-hybridized carbons (Fsp3) is 0.625. The van der Waals surface area contributed by atoms with E-state index in [4.69, 9.17) is 5.73 Å². The van der Waals surface area contributed by atoms with Gasteiger partial charge in [-0.3, -0.25) is 4.68 Å². The Balaban J connectivity index is 3.00.